The lowest BCUT2D eigenvalue weighted by atomic mass is 9.77. The molecule has 4 heteroatoms. The lowest BCUT2D eigenvalue weighted by Gasteiger charge is -2.29. The first-order chi connectivity index (χ1) is 17.6. The van der Waals surface area contributed by atoms with Gasteiger partial charge in [-0.15, -0.1) is 0 Å². The molecular weight excluding hydrogens is 444 g/mol. The smallest absolute Gasteiger partial charge is 0.267 e. The van der Waals surface area contributed by atoms with E-state index in [9.17, 15) is 9.59 Å². The fourth-order valence-electron chi connectivity index (χ4n) is 5.39. The first-order valence-electron chi connectivity index (χ1n) is 14.4. The fourth-order valence-corrected chi connectivity index (χ4v) is 5.39. The Hall–Kier alpha value is -2.62. The molecule has 1 aliphatic carbocycles. The maximum Gasteiger partial charge on any atom is 0.269 e. The second-order valence-electron chi connectivity index (χ2n) is 10.6. The molecule has 196 valence electrons. The molecule has 0 saturated heterocycles. The molecular formula is C32H46N2O2. The lowest BCUT2D eigenvalue weighted by molar-refractivity contribution is 0.0846. The summed E-state index contributed by atoms with van der Waals surface area (Å²) < 4.78 is 0. The molecule has 0 spiro atoms. The van der Waals surface area contributed by atoms with E-state index >= 15 is 0 Å². The molecule has 2 aromatic carbocycles. The van der Waals surface area contributed by atoms with Crippen molar-refractivity contribution in [3.05, 3.63) is 70.8 Å². The number of amides is 2. The Morgan fingerprint density at radius 3 is 1.78 bits per heavy atom. The Bertz CT molecular complexity index is 912. The van der Waals surface area contributed by atoms with Gasteiger partial charge >= 0.3 is 0 Å². The van der Waals surface area contributed by atoms with Gasteiger partial charge in [-0.2, -0.15) is 0 Å². The Morgan fingerprint density at radius 2 is 1.19 bits per heavy atom. The summed E-state index contributed by atoms with van der Waals surface area (Å²) in [7, 11) is 0. The number of unbranched alkanes of at least 4 members (excludes halogenated alkanes) is 6. The van der Waals surface area contributed by atoms with Crippen LogP contribution in [0.1, 0.15) is 135 Å². The van der Waals surface area contributed by atoms with Gasteiger partial charge in [0.05, 0.1) is 0 Å². The van der Waals surface area contributed by atoms with Crippen molar-refractivity contribution in [2.45, 2.75) is 110 Å². The zero-order valence-corrected chi connectivity index (χ0v) is 22.5. The van der Waals surface area contributed by atoms with E-state index in [1.54, 1.807) is 0 Å². The van der Waals surface area contributed by atoms with Crippen LogP contribution in [0.25, 0.3) is 0 Å². The van der Waals surface area contributed by atoms with Gasteiger partial charge in [0.15, 0.2) is 0 Å². The molecule has 0 unspecified atom stereocenters. The molecule has 1 aliphatic rings. The van der Waals surface area contributed by atoms with Gasteiger partial charge in [-0.1, -0.05) is 89.5 Å². The van der Waals surface area contributed by atoms with E-state index in [0.717, 1.165) is 12.3 Å². The number of rotatable bonds is 13. The van der Waals surface area contributed by atoms with E-state index in [1.165, 1.54) is 94.6 Å². The number of hydrogen-bond acceptors (Lipinski definition) is 2. The van der Waals surface area contributed by atoms with Crippen LogP contribution in [0, 0.1) is 5.92 Å². The highest BCUT2D eigenvalue weighted by Crippen LogP contribution is 2.37. The van der Waals surface area contributed by atoms with E-state index in [1.807, 2.05) is 36.4 Å². The van der Waals surface area contributed by atoms with Crippen LogP contribution in [0.2, 0.25) is 0 Å². The van der Waals surface area contributed by atoms with E-state index in [2.05, 4.69) is 36.8 Å². The van der Waals surface area contributed by atoms with E-state index in [4.69, 9.17) is 0 Å². The second kappa shape index (κ2) is 15.5. The number of aryl methyl sites for hydroxylation is 1. The second-order valence-corrected chi connectivity index (χ2v) is 10.6. The summed E-state index contributed by atoms with van der Waals surface area (Å²) >= 11 is 0. The van der Waals surface area contributed by atoms with Gasteiger partial charge in [0.25, 0.3) is 11.8 Å². The average Bonchev–Trinajstić information content (AvgIpc) is 2.92. The van der Waals surface area contributed by atoms with Crippen molar-refractivity contribution in [3.63, 3.8) is 0 Å². The summed E-state index contributed by atoms with van der Waals surface area (Å²) in [5.41, 5.74) is 8.79. The maximum absolute atomic E-state index is 12.6. The molecule has 0 bridgehead atoms. The Morgan fingerprint density at radius 1 is 0.667 bits per heavy atom. The molecule has 3 rings (SSSR count). The summed E-state index contributed by atoms with van der Waals surface area (Å²) in [6, 6.07) is 15.6. The topological polar surface area (TPSA) is 58.2 Å². The first-order valence-corrected chi connectivity index (χ1v) is 14.4. The predicted molar refractivity (Wildman–Crippen MR) is 149 cm³/mol. The van der Waals surface area contributed by atoms with Gasteiger partial charge in [0.1, 0.15) is 0 Å². The molecule has 0 aliphatic heterocycles. The van der Waals surface area contributed by atoms with Crippen molar-refractivity contribution in [2.24, 2.45) is 5.92 Å². The van der Waals surface area contributed by atoms with Crippen LogP contribution in [0.5, 0.6) is 0 Å². The number of benzene rings is 2. The van der Waals surface area contributed by atoms with Crippen LogP contribution in [-0.2, 0) is 6.42 Å². The highest BCUT2D eigenvalue weighted by Gasteiger charge is 2.22. The zero-order valence-electron chi connectivity index (χ0n) is 22.5. The molecule has 0 aromatic heterocycles. The van der Waals surface area contributed by atoms with Gasteiger partial charge in [0, 0.05) is 11.1 Å². The minimum atomic E-state index is -0.301. The van der Waals surface area contributed by atoms with Crippen LogP contribution in [0.15, 0.2) is 48.5 Å². The van der Waals surface area contributed by atoms with Gasteiger partial charge in [-0.25, -0.2) is 0 Å². The molecule has 1 fully saturated rings. The summed E-state index contributed by atoms with van der Waals surface area (Å²) in [5, 5.41) is 0. The van der Waals surface area contributed by atoms with Crippen molar-refractivity contribution in [1.82, 2.24) is 10.9 Å². The van der Waals surface area contributed by atoms with Crippen molar-refractivity contribution in [3.8, 4) is 0 Å². The van der Waals surface area contributed by atoms with Gasteiger partial charge in [-0.05, 0) is 85.8 Å². The molecule has 36 heavy (non-hydrogen) atoms. The zero-order chi connectivity index (χ0) is 25.6. The van der Waals surface area contributed by atoms with Crippen molar-refractivity contribution in [1.29, 1.82) is 0 Å². The standard InChI is InChI=1S/C32H46N2O2/c1-3-5-7-8-10-12-26-15-19-29(20-16-26)31(35)33-34-32(36)30-23-21-28(22-24-30)27-17-13-25(14-18-27)11-9-6-4-2/h15-16,19-25,27H,3-14,17-18H2,1-2H3,(H,33,35)(H,34,36). The number of hydrogen-bond donors (Lipinski definition) is 2. The quantitative estimate of drug-likeness (QED) is 0.220. The minimum absolute atomic E-state index is 0.293. The Labute approximate surface area is 218 Å². The SMILES string of the molecule is CCCCCCCc1ccc(C(=O)NNC(=O)c2ccc(C3CCC(CCCCC)CC3)cc2)cc1. The Kier molecular flexibility index (Phi) is 12.0. The molecule has 4 nitrogen and oxygen atoms in total. The molecule has 1 saturated carbocycles. The third kappa shape index (κ3) is 9.11. The summed E-state index contributed by atoms with van der Waals surface area (Å²) in [6.07, 6.45) is 17.9. The average molecular weight is 491 g/mol. The number of carbonyl (C=O) groups is 2. The predicted octanol–water partition coefficient (Wildman–Crippen LogP) is 8.13. The van der Waals surface area contributed by atoms with Crippen LogP contribution < -0.4 is 10.9 Å². The number of hydrazine groups is 1. The highest BCUT2D eigenvalue weighted by molar-refractivity contribution is 5.99. The summed E-state index contributed by atoms with van der Waals surface area (Å²) in [4.78, 5) is 25.0. The summed E-state index contributed by atoms with van der Waals surface area (Å²) in [5.74, 6) is 0.903. The molecule has 2 aromatic rings. The Balaban J connectivity index is 1.39. The van der Waals surface area contributed by atoms with Crippen LogP contribution in [0.4, 0.5) is 0 Å². The van der Waals surface area contributed by atoms with E-state index in [-0.39, 0.29) is 11.8 Å². The molecule has 2 amide bonds. The minimum Gasteiger partial charge on any atom is -0.267 e. The van der Waals surface area contributed by atoms with E-state index < -0.39 is 0 Å². The normalized spacial score (nSPS) is 17.5. The number of nitrogens with one attached hydrogen (secondary N) is 2. The molecule has 0 heterocycles. The molecule has 0 radical (unpaired) electrons. The van der Waals surface area contributed by atoms with Crippen LogP contribution in [-0.4, -0.2) is 11.8 Å². The lowest BCUT2D eigenvalue weighted by Crippen LogP contribution is -2.41. The monoisotopic (exact) mass is 490 g/mol. The summed E-state index contributed by atoms with van der Waals surface area (Å²) in [6.45, 7) is 4.49. The highest BCUT2D eigenvalue weighted by atomic mass is 16.2. The van der Waals surface area contributed by atoms with Crippen molar-refractivity contribution >= 4 is 11.8 Å². The van der Waals surface area contributed by atoms with Gasteiger partial charge in [-0.3, -0.25) is 20.4 Å². The van der Waals surface area contributed by atoms with Gasteiger partial charge in [0.2, 0.25) is 0 Å². The fraction of sp³-hybridized carbons (Fsp3) is 0.562. The van der Waals surface area contributed by atoms with Crippen LogP contribution in [0.3, 0.4) is 0 Å². The third-order valence-corrected chi connectivity index (χ3v) is 7.78. The number of carbonyl (C=O) groups excluding carboxylic acids is 2. The van der Waals surface area contributed by atoms with Crippen LogP contribution >= 0.6 is 0 Å². The van der Waals surface area contributed by atoms with Crippen molar-refractivity contribution in [2.75, 3.05) is 0 Å². The maximum atomic E-state index is 12.6. The molecule has 0 atom stereocenters. The first kappa shape index (κ1) is 28.0. The van der Waals surface area contributed by atoms with Crippen molar-refractivity contribution < 1.29 is 9.59 Å². The third-order valence-electron chi connectivity index (χ3n) is 7.78. The largest absolute Gasteiger partial charge is 0.269 e. The molecule has 2 N–H and O–H groups in total. The van der Waals surface area contributed by atoms with E-state index in [0.29, 0.717) is 17.0 Å². The van der Waals surface area contributed by atoms with Gasteiger partial charge < -0.3 is 0 Å².